The van der Waals surface area contributed by atoms with Crippen molar-refractivity contribution in [1.82, 2.24) is 4.90 Å². The number of carboxylic acid groups (broad SMARTS) is 1. The summed E-state index contributed by atoms with van der Waals surface area (Å²) < 4.78 is 0. The van der Waals surface area contributed by atoms with Gasteiger partial charge in [0.2, 0.25) is 5.91 Å². The Hall–Kier alpha value is -1.06. The van der Waals surface area contributed by atoms with Crippen LogP contribution in [-0.2, 0) is 9.59 Å². The number of carbonyl (C=O) groups excluding carboxylic acids is 1. The van der Waals surface area contributed by atoms with Gasteiger partial charge in [0, 0.05) is 19.0 Å². The van der Waals surface area contributed by atoms with Crippen molar-refractivity contribution < 1.29 is 14.7 Å². The molecule has 0 aromatic rings. The molecule has 0 aliphatic rings. The Bertz CT molecular complexity index is 216. The largest absolute Gasteiger partial charge is 0.481 e. The normalized spacial score (nSPS) is 12.2. The molecule has 0 aromatic carbocycles. The zero-order chi connectivity index (χ0) is 11.8. The lowest BCUT2D eigenvalue weighted by atomic mass is 10.0. The van der Waals surface area contributed by atoms with Crippen molar-refractivity contribution in [2.45, 2.75) is 40.0 Å². The van der Waals surface area contributed by atoms with E-state index >= 15 is 0 Å². The topological polar surface area (TPSA) is 57.6 Å². The highest BCUT2D eigenvalue weighted by molar-refractivity contribution is 5.79. The Morgan fingerprint density at radius 1 is 1.33 bits per heavy atom. The highest BCUT2D eigenvalue weighted by Crippen LogP contribution is 2.09. The first-order valence-electron chi connectivity index (χ1n) is 5.53. The van der Waals surface area contributed by atoms with Crippen molar-refractivity contribution in [2.24, 2.45) is 5.92 Å². The third-order valence-corrected chi connectivity index (χ3v) is 2.43. The van der Waals surface area contributed by atoms with Gasteiger partial charge in [-0.25, -0.2) is 0 Å². The van der Waals surface area contributed by atoms with E-state index in [0.29, 0.717) is 13.1 Å². The number of hydrogen-bond donors (Lipinski definition) is 1. The van der Waals surface area contributed by atoms with E-state index in [4.69, 9.17) is 5.11 Å². The highest BCUT2D eigenvalue weighted by atomic mass is 16.4. The van der Waals surface area contributed by atoms with Crippen molar-refractivity contribution in [3.63, 3.8) is 0 Å². The van der Waals surface area contributed by atoms with Crippen molar-refractivity contribution in [2.75, 3.05) is 13.1 Å². The molecule has 1 N–H and O–H groups in total. The van der Waals surface area contributed by atoms with Gasteiger partial charge < -0.3 is 10.0 Å². The smallest absolute Gasteiger partial charge is 0.305 e. The second-order valence-electron chi connectivity index (χ2n) is 3.75. The van der Waals surface area contributed by atoms with Crippen LogP contribution in [0.25, 0.3) is 0 Å². The lowest BCUT2D eigenvalue weighted by Gasteiger charge is -2.23. The van der Waals surface area contributed by atoms with Gasteiger partial charge in [-0.1, -0.05) is 20.3 Å². The first kappa shape index (κ1) is 13.9. The van der Waals surface area contributed by atoms with E-state index < -0.39 is 5.97 Å². The molecule has 0 aliphatic heterocycles. The Morgan fingerprint density at radius 2 is 1.93 bits per heavy atom. The molecule has 4 nitrogen and oxygen atoms in total. The minimum absolute atomic E-state index is 0.00347. The van der Waals surface area contributed by atoms with E-state index in [1.54, 1.807) is 4.90 Å². The number of hydrogen-bond acceptors (Lipinski definition) is 2. The molecular formula is C11H21NO3. The summed E-state index contributed by atoms with van der Waals surface area (Å²) in [6.45, 7) is 6.71. The van der Waals surface area contributed by atoms with Crippen LogP contribution in [0.15, 0.2) is 0 Å². The van der Waals surface area contributed by atoms with Crippen molar-refractivity contribution in [3.05, 3.63) is 0 Å². The molecule has 1 atom stereocenters. The summed E-state index contributed by atoms with van der Waals surface area (Å²) in [7, 11) is 0. The van der Waals surface area contributed by atoms with Crippen LogP contribution < -0.4 is 0 Å². The Morgan fingerprint density at radius 3 is 2.33 bits per heavy atom. The van der Waals surface area contributed by atoms with Crippen molar-refractivity contribution in [3.8, 4) is 0 Å². The summed E-state index contributed by atoms with van der Waals surface area (Å²) in [5.41, 5.74) is 0. The highest BCUT2D eigenvalue weighted by Gasteiger charge is 2.18. The predicted octanol–water partition coefficient (Wildman–Crippen LogP) is 1.75. The fourth-order valence-electron chi connectivity index (χ4n) is 1.52. The molecule has 0 heterocycles. The summed E-state index contributed by atoms with van der Waals surface area (Å²) in [6.07, 6.45) is 1.87. The molecule has 1 unspecified atom stereocenters. The predicted molar refractivity (Wildman–Crippen MR) is 58.6 cm³/mol. The zero-order valence-corrected chi connectivity index (χ0v) is 9.82. The molecular weight excluding hydrogens is 194 g/mol. The van der Waals surface area contributed by atoms with Gasteiger partial charge in [0.25, 0.3) is 0 Å². The minimum atomic E-state index is -0.857. The van der Waals surface area contributed by atoms with Gasteiger partial charge in [-0.05, 0) is 13.3 Å². The van der Waals surface area contributed by atoms with Crippen LogP contribution >= 0.6 is 0 Å². The lowest BCUT2D eigenvalue weighted by Crippen LogP contribution is -2.36. The molecule has 0 spiro atoms. The number of rotatable bonds is 7. The molecule has 15 heavy (non-hydrogen) atoms. The minimum Gasteiger partial charge on any atom is -0.481 e. The number of aliphatic carboxylic acids is 1. The number of carbonyl (C=O) groups is 2. The van der Waals surface area contributed by atoms with Crippen LogP contribution in [-0.4, -0.2) is 35.0 Å². The van der Waals surface area contributed by atoms with Gasteiger partial charge in [0.1, 0.15) is 0 Å². The van der Waals surface area contributed by atoms with Crippen LogP contribution in [0.1, 0.15) is 40.0 Å². The van der Waals surface area contributed by atoms with Gasteiger partial charge in [-0.3, -0.25) is 9.59 Å². The molecule has 0 bridgehead atoms. The zero-order valence-electron chi connectivity index (χ0n) is 9.82. The maximum Gasteiger partial charge on any atom is 0.305 e. The van der Waals surface area contributed by atoms with Crippen molar-refractivity contribution in [1.29, 1.82) is 0 Å². The summed E-state index contributed by atoms with van der Waals surface area (Å²) in [5, 5.41) is 8.54. The molecule has 0 fully saturated rings. The van der Waals surface area contributed by atoms with E-state index in [0.717, 1.165) is 12.8 Å². The maximum absolute atomic E-state index is 11.8. The summed E-state index contributed by atoms with van der Waals surface area (Å²) in [6, 6.07) is 0. The number of carboxylic acids is 1. The van der Waals surface area contributed by atoms with Gasteiger partial charge >= 0.3 is 5.97 Å². The standard InChI is InChI=1S/C11H21NO3/c1-4-6-9(3)11(15)12(5-2)8-7-10(13)14/h9H,4-8H2,1-3H3,(H,13,14). The van der Waals surface area contributed by atoms with E-state index in [2.05, 4.69) is 0 Å². The van der Waals surface area contributed by atoms with Gasteiger partial charge in [0.05, 0.1) is 6.42 Å². The fraction of sp³-hybridized carbons (Fsp3) is 0.818. The van der Waals surface area contributed by atoms with E-state index in [9.17, 15) is 9.59 Å². The van der Waals surface area contributed by atoms with Gasteiger partial charge in [-0.15, -0.1) is 0 Å². The van der Waals surface area contributed by atoms with Crippen LogP contribution in [0.4, 0.5) is 0 Å². The average Bonchev–Trinajstić information content (AvgIpc) is 2.18. The van der Waals surface area contributed by atoms with E-state index in [-0.39, 0.29) is 18.2 Å². The second-order valence-corrected chi connectivity index (χ2v) is 3.75. The second kappa shape index (κ2) is 7.26. The third-order valence-electron chi connectivity index (χ3n) is 2.43. The molecule has 0 saturated heterocycles. The Labute approximate surface area is 91.3 Å². The summed E-state index contributed by atoms with van der Waals surface area (Å²) in [4.78, 5) is 23.8. The summed E-state index contributed by atoms with van der Waals surface area (Å²) in [5.74, 6) is -0.784. The first-order chi connectivity index (χ1) is 7.02. The van der Waals surface area contributed by atoms with E-state index in [1.807, 2.05) is 20.8 Å². The fourth-order valence-corrected chi connectivity index (χ4v) is 1.52. The van der Waals surface area contributed by atoms with E-state index in [1.165, 1.54) is 0 Å². The molecule has 0 aliphatic carbocycles. The number of amides is 1. The molecule has 1 amide bonds. The Balaban J connectivity index is 4.14. The molecule has 88 valence electrons. The van der Waals surface area contributed by atoms with Crippen LogP contribution in [0.3, 0.4) is 0 Å². The molecule has 0 radical (unpaired) electrons. The molecule has 0 rings (SSSR count). The quantitative estimate of drug-likeness (QED) is 0.703. The summed E-state index contributed by atoms with van der Waals surface area (Å²) >= 11 is 0. The third kappa shape index (κ3) is 5.40. The first-order valence-corrected chi connectivity index (χ1v) is 5.53. The van der Waals surface area contributed by atoms with Crippen LogP contribution in [0.2, 0.25) is 0 Å². The molecule has 4 heteroatoms. The van der Waals surface area contributed by atoms with Gasteiger partial charge in [0.15, 0.2) is 0 Å². The average molecular weight is 215 g/mol. The SMILES string of the molecule is CCCC(C)C(=O)N(CC)CCC(=O)O. The van der Waals surface area contributed by atoms with Crippen LogP contribution in [0, 0.1) is 5.92 Å². The monoisotopic (exact) mass is 215 g/mol. The molecule has 0 saturated carbocycles. The van der Waals surface area contributed by atoms with Gasteiger partial charge in [-0.2, -0.15) is 0 Å². The number of nitrogens with zero attached hydrogens (tertiary/aromatic N) is 1. The Kier molecular flexibility index (Phi) is 6.75. The van der Waals surface area contributed by atoms with Crippen LogP contribution in [0.5, 0.6) is 0 Å². The maximum atomic E-state index is 11.8. The van der Waals surface area contributed by atoms with Crippen molar-refractivity contribution >= 4 is 11.9 Å². The lowest BCUT2D eigenvalue weighted by molar-refractivity contribution is -0.139. The molecule has 0 aromatic heterocycles.